The van der Waals surface area contributed by atoms with E-state index in [2.05, 4.69) is 29.5 Å². The number of rotatable bonds is 3. The SMILES string of the molecule is C=C1CN(C(=O)c2ccc(F)cc2)CCN1/C(=N\C)c1nc2cnc(CC)cc2s1. The number of carbonyl (C=O) groups is 1. The van der Waals surface area contributed by atoms with Crippen LogP contribution < -0.4 is 0 Å². The number of amidine groups is 1. The van der Waals surface area contributed by atoms with Crippen LogP contribution in [0.1, 0.15) is 28.0 Å². The summed E-state index contributed by atoms with van der Waals surface area (Å²) in [7, 11) is 1.74. The molecule has 6 nitrogen and oxygen atoms in total. The number of pyridine rings is 1. The summed E-state index contributed by atoms with van der Waals surface area (Å²) in [6.45, 7) is 7.70. The molecule has 3 aromatic rings. The van der Waals surface area contributed by atoms with E-state index in [1.165, 1.54) is 24.3 Å². The number of nitrogens with zero attached hydrogens (tertiary/aromatic N) is 5. The van der Waals surface area contributed by atoms with Gasteiger partial charge in [0, 0.05) is 37.1 Å². The smallest absolute Gasteiger partial charge is 0.254 e. The number of aryl methyl sites for hydroxylation is 1. The lowest BCUT2D eigenvalue weighted by atomic mass is 10.1. The second-order valence-electron chi connectivity index (χ2n) is 7.01. The summed E-state index contributed by atoms with van der Waals surface area (Å²) in [5, 5.41) is 0.807. The maximum Gasteiger partial charge on any atom is 0.254 e. The molecule has 4 rings (SSSR count). The topological polar surface area (TPSA) is 61.7 Å². The highest BCUT2D eigenvalue weighted by molar-refractivity contribution is 7.20. The molecule has 1 amide bonds. The summed E-state index contributed by atoms with van der Waals surface area (Å²) < 4.78 is 14.2. The summed E-state index contributed by atoms with van der Waals surface area (Å²) >= 11 is 1.58. The van der Waals surface area contributed by atoms with E-state index >= 15 is 0 Å². The van der Waals surface area contributed by atoms with Crippen LogP contribution in [0.15, 0.2) is 53.8 Å². The second-order valence-corrected chi connectivity index (χ2v) is 8.05. The van der Waals surface area contributed by atoms with Crippen molar-refractivity contribution in [3.05, 3.63) is 70.9 Å². The number of hydrogen-bond donors (Lipinski definition) is 0. The van der Waals surface area contributed by atoms with Crippen molar-refractivity contribution in [3.63, 3.8) is 0 Å². The van der Waals surface area contributed by atoms with Gasteiger partial charge in [-0.3, -0.25) is 14.8 Å². The summed E-state index contributed by atoms with van der Waals surface area (Å²) in [6, 6.07) is 7.67. The molecule has 2 aromatic heterocycles. The van der Waals surface area contributed by atoms with Gasteiger partial charge in [0.05, 0.1) is 17.4 Å². The number of halogens is 1. The molecule has 30 heavy (non-hydrogen) atoms. The molecule has 1 aliphatic heterocycles. The number of amides is 1. The Morgan fingerprint density at radius 1 is 1.30 bits per heavy atom. The van der Waals surface area contributed by atoms with Gasteiger partial charge in [0.1, 0.15) is 11.3 Å². The van der Waals surface area contributed by atoms with Crippen LogP contribution in [0.25, 0.3) is 10.2 Å². The van der Waals surface area contributed by atoms with Crippen molar-refractivity contribution >= 4 is 33.3 Å². The lowest BCUT2D eigenvalue weighted by molar-refractivity contribution is 0.0728. The third-order valence-electron chi connectivity index (χ3n) is 5.08. The van der Waals surface area contributed by atoms with Crippen LogP contribution in [-0.2, 0) is 6.42 Å². The molecule has 0 aliphatic carbocycles. The van der Waals surface area contributed by atoms with Crippen LogP contribution in [0, 0.1) is 5.82 Å². The first-order valence-electron chi connectivity index (χ1n) is 9.73. The number of piperazine rings is 1. The highest BCUT2D eigenvalue weighted by Gasteiger charge is 2.28. The molecule has 1 saturated heterocycles. The number of carbonyl (C=O) groups excluding carboxylic acids is 1. The molecule has 0 radical (unpaired) electrons. The number of aliphatic imine (C=N–C) groups is 1. The third kappa shape index (κ3) is 3.82. The Morgan fingerprint density at radius 3 is 2.73 bits per heavy atom. The van der Waals surface area contributed by atoms with Crippen molar-refractivity contribution in [2.45, 2.75) is 13.3 Å². The molecule has 154 valence electrons. The lowest BCUT2D eigenvalue weighted by Crippen LogP contribution is -2.49. The van der Waals surface area contributed by atoms with Gasteiger partial charge in [-0.2, -0.15) is 0 Å². The molecule has 1 fully saturated rings. The third-order valence-corrected chi connectivity index (χ3v) is 6.09. The van der Waals surface area contributed by atoms with E-state index in [0.717, 1.165) is 38.9 Å². The molecule has 8 heteroatoms. The van der Waals surface area contributed by atoms with Crippen molar-refractivity contribution in [3.8, 4) is 0 Å². The highest BCUT2D eigenvalue weighted by atomic mass is 32.1. The molecule has 3 heterocycles. The number of aromatic nitrogens is 2. The van der Waals surface area contributed by atoms with Gasteiger partial charge in [-0.25, -0.2) is 9.37 Å². The van der Waals surface area contributed by atoms with Gasteiger partial charge in [-0.05, 0) is 36.8 Å². The number of benzene rings is 1. The van der Waals surface area contributed by atoms with Crippen molar-refractivity contribution < 1.29 is 9.18 Å². The standard InChI is InChI=1S/C22H22FN5OS/c1-4-17-11-19-18(12-25-17)26-21(30-19)20(24-3)28-10-9-27(13-14(28)2)22(29)15-5-7-16(23)8-6-15/h5-8,11-12H,2,4,9-10,13H2,1,3H3/b24-20-. The van der Waals surface area contributed by atoms with Gasteiger partial charge in [-0.15, -0.1) is 11.3 Å². The van der Waals surface area contributed by atoms with E-state index in [4.69, 9.17) is 4.98 Å². The largest absolute Gasteiger partial charge is 0.331 e. The average molecular weight is 424 g/mol. The summed E-state index contributed by atoms with van der Waals surface area (Å²) in [6.07, 6.45) is 2.67. The quantitative estimate of drug-likeness (QED) is 0.476. The van der Waals surface area contributed by atoms with Crippen LogP contribution in [0.4, 0.5) is 4.39 Å². The average Bonchev–Trinajstić information content (AvgIpc) is 3.18. The highest BCUT2D eigenvalue weighted by Crippen LogP contribution is 2.26. The molecule has 0 spiro atoms. The van der Waals surface area contributed by atoms with Crippen molar-refractivity contribution in [2.75, 3.05) is 26.7 Å². The van der Waals surface area contributed by atoms with Gasteiger partial charge in [-0.1, -0.05) is 13.5 Å². The number of hydrogen-bond acceptors (Lipinski definition) is 5. The first-order valence-corrected chi connectivity index (χ1v) is 10.5. The summed E-state index contributed by atoms with van der Waals surface area (Å²) in [5.41, 5.74) is 3.12. The molecule has 0 atom stereocenters. The minimum Gasteiger partial charge on any atom is -0.331 e. The van der Waals surface area contributed by atoms with Gasteiger partial charge in [0.15, 0.2) is 10.8 Å². The molecule has 0 unspecified atom stereocenters. The zero-order valence-corrected chi connectivity index (χ0v) is 17.7. The molecule has 0 N–H and O–H groups in total. The van der Waals surface area contributed by atoms with Crippen LogP contribution >= 0.6 is 11.3 Å². The van der Waals surface area contributed by atoms with Gasteiger partial charge < -0.3 is 9.80 Å². The molecule has 0 bridgehead atoms. The van der Waals surface area contributed by atoms with E-state index in [1.54, 1.807) is 29.5 Å². The Balaban J connectivity index is 1.52. The fraction of sp³-hybridized carbons (Fsp3) is 0.273. The molecule has 1 aromatic carbocycles. The fourth-order valence-corrected chi connectivity index (χ4v) is 4.50. The van der Waals surface area contributed by atoms with Crippen LogP contribution in [0.2, 0.25) is 0 Å². The number of fused-ring (bicyclic) bond motifs is 1. The minimum atomic E-state index is -0.360. The van der Waals surface area contributed by atoms with Crippen LogP contribution in [-0.4, -0.2) is 58.2 Å². The summed E-state index contributed by atoms with van der Waals surface area (Å²) in [5.74, 6) is 0.249. The Labute approximate surface area is 178 Å². The van der Waals surface area contributed by atoms with E-state index < -0.39 is 0 Å². The predicted molar refractivity (Wildman–Crippen MR) is 117 cm³/mol. The first kappa shape index (κ1) is 20.2. The van der Waals surface area contributed by atoms with E-state index in [9.17, 15) is 9.18 Å². The van der Waals surface area contributed by atoms with Crippen molar-refractivity contribution in [1.29, 1.82) is 0 Å². The second kappa shape index (κ2) is 8.31. The van der Waals surface area contributed by atoms with E-state index in [1.807, 2.05) is 4.90 Å². The Hall–Kier alpha value is -3.13. The molecular formula is C22H22FN5OS. The van der Waals surface area contributed by atoms with Crippen LogP contribution in [0.3, 0.4) is 0 Å². The monoisotopic (exact) mass is 423 g/mol. The van der Waals surface area contributed by atoms with Crippen LogP contribution in [0.5, 0.6) is 0 Å². The summed E-state index contributed by atoms with van der Waals surface area (Å²) in [4.78, 5) is 30.1. The molecule has 0 saturated carbocycles. The zero-order chi connectivity index (χ0) is 21.3. The lowest BCUT2D eigenvalue weighted by Gasteiger charge is -2.37. The number of thiazole rings is 1. The van der Waals surface area contributed by atoms with Gasteiger partial charge in [0.25, 0.3) is 5.91 Å². The Morgan fingerprint density at radius 2 is 2.07 bits per heavy atom. The first-order chi connectivity index (χ1) is 14.5. The minimum absolute atomic E-state index is 0.135. The predicted octanol–water partition coefficient (Wildman–Crippen LogP) is 3.74. The Kier molecular flexibility index (Phi) is 5.59. The molecule has 1 aliphatic rings. The van der Waals surface area contributed by atoms with E-state index in [0.29, 0.717) is 25.2 Å². The zero-order valence-electron chi connectivity index (χ0n) is 16.9. The van der Waals surface area contributed by atoms with Crippen molar-refractivity contribution in [2.24, 2.45) is 4.99 Å². The maximum atomic E-state index is 13.1. The molecular weight excluding hydrogens is 401 g/mol. The maximum absolute atomic E-state index is 13.1. The van der Waals surface area contributed by atoms with Crippen molar-refractivity contribution in [1.82, 2.24) is 19.8 Å². The van der Waals surface area contributed by atoms with E-state index in [-0.39, 0.29) is 11.7 Å². The van der Waals surface area contributed by atoms with Gasteiger partial charge in [0.2, 0.25) is 0 Å². The Bertz CT molecular complexity index is 1140. The normalized spacial score (nSPS) is 15.2. The van der Waals surface area contributed by atoms with Gasteiger partial charge >= 0.3 is 0 Å². The fourth-order valence-electron chi connectivity index (χ4n) is 3.46.